The van der Waals surface area contributed by atoms with E-state index in [0.29, 0.717) is 23.3 Å². The van der Waals surface area contributed by atoms with Gasteiger partial charge in [0.15, 0.2) is 0 Å². The fourth-order valence-corrected chi connectivity index (χ4v) is 4.23. The Balaban J connectivity index is 2.09. The zero-order valence-electron chi connectivity index (χ0n) is 16.5. The van der Waals surface area contributed by atoms with E-state index in [1.807, 2.05) is 0 Å². The number of thiazole rings is 1. The van der Waals surface area contributed by atoms with Crippen LogP contribution in [0.15, 0.2) is 33.9 Å². The molecule has 1 aromatic carbocycles. The van der Waals surface area contributed by atoms with Gasteiger partial charge in [-0.25, -0.2) is 4.98 Å². The van der Waals surface area contributed by atoms with Crippen LogP contribution in [0.3, 0.4) is 0 Å². The Morgan fingerprint density at radius 1 is 1.27 bits per heavy atom. The molecule has 0 saturated heterocycles. The van der Waals surface area contributed by atoms with Gasteiger partial charge in [0.25, 0.3) is 0 Å². The van der Waals surface area contributed by atoms with E-state index in [9.17, 15) is 21.6 Å². The Morgan fingerprint density at radius 3 is 2.67 bits per heavy atom. The monoisotopic (exact) mass is 461 g/mol. The summed E-state index contributed by atoms with van der Waals surface area (Å²) in [5, 5.41) is 9.93. The first-order chi connectivity index (χ1) is 14.1. The normalized spacial score (nSPS) is 15.5. The highest BCUT2D eigenvalue weighted by molar-refractivity contribution is 7.93. The molecule has 0 radical (unpaired) electrons. The Morgan fingerprint density at radius 2 is 2.03 bits per heavy atom. The number of halogens is 3. The maximum absolute atomic E-state index is 13.0. The largest absolute Gasteiger partial charge is 0.516 e. The first kappa shape index (κ1) is 22.5. The minimum Gasteiger partial charge on any atom is -0.371 e. The number of fused-ring (bicyclic) bond motifs is 1. The van der Waals surface area contributed by atoms with Crippen molar-refractivity contribution >= 4 is 43.6 Å². The highest BCUT2D eigenvalue weighted by atomic mass is 32.2. The van der Waals surface area contributed by atoms with Crippen molar-refractivity contribution in [2.75, 3.05) is 22.7 Å². The Bertz CT molecular complexity index is 1010. The summed E-state index contributed by atoms with van der Waals surface area (Å²) in [7, 11) is -5.60. The van der Waals surface area contributed by atoms with Crippen molar-refractivity contribution in [3.8, 4) is 0 Å². The molecular formula is C18H22F3N5O2S2. The van der Waals surface area contributed by atoms with Crippen molar-refractivity contribution in [1.29, 1.82) is 0 Å². The van der Waals surface area contributed by atoms with Gasteiger partial charge in [-0.05, 0) is 42.9 Å². The Labute approximate surface area is 177 Å². The van der Waals surface area contributed by atoms with Crippen LogP contribution >= 0.6 is 11.3 Å². The van der Waals surface area contributed by atoms with E-state index in [-0.39, 0.29) is 11.4 Å². The maximum atomic E-state index is 13.0. The van der Waals surface area contributed by atoms with Crippen LogP contribution in [0.2, 0.25) is 0 Å². The van der Waals surface area contributed by atoms with Gasteiger partial charge in [-0.1, -0.05) is 13.8 Å². The maximum Gasteiger partial charge on any atom is 0.516 e. The number of anilines is 2. The van der Waals surface area contributed by atoms with Crippen LogP contribution in [-0.2, 0) is 16.4 Å². The average Bonchev–Trinajstić information content (AvgIpc) is 3.08. The number of alkyl halides is 3. The third kappa shape index (κ3) is 5.28. The summed E-state index contributed by atoms with van der Waals surface area (Å²) in [6.07, 6.45) is 4.09. The molecule has 164 valence electrons. The molecule has 12 heteroatoms. The highest BCUT2D eigenvalue weighted by Crippen LogP contribution is 2.39. The SMILES string of the molecule is CC(C)CN1CCCCc2cc(N=Nc3nccs3)c(NS(=O)(=O)C(F)(F)F)cc21. The van der Waals surface area contributed by atoms with Gasteiger partial charge in [-0.3, -0.25) is 4.72 Å². The van der Waals surface area contributed by atoms with E-state index in [1.54, 1.807) is 16.2 Å². The van der Waals surface area contributed by atoms with Gasteiger partial charge in [-0.2, -0.15) is 21.6 Å². The minimum absolute atomic E-state index is 0.0168. The fourth-order valence-electron chi connectivity index (χ4n) is 3.21. The van der Waals surface area contributed by atoms with Gasteiger partial charge >= 0.3 is 15.5 Å². The number of sulfonamides is 1. The first-order valence-corrected chi connectivity index (χ1v) is 11.8. The second-order valence-electron chi connectivity index (χ2n) is 7.36. The van der Waals surface area contributed by atoms with Crippen LogP contribution in [0.1, 0.15) is 32.3 Å². The fraction of sp³-hybridized carbons (Fsp3) is 0.500. The second-order valence-corrected chi connectivity index (χ2v) is 9.91. The average molecular weight is 462 g/mol. The summed E-state index contributed by atoms with van der Waals surface area (Å²) >= 11 is 1.21. The molecule has 1 aromatic heterocycles. The van der Waals surface area contributed by atoms with Crippen molar-refractivity contribution in [2.24, 2.45) is 16.1 Å². The first-order valence-electron chi connectivity index (χ1n) is 9.39. The van der Waals surface area contributed by atoms with E-state index in [0.717, 1.165) is 31.4 Å². The summed E-state index contributed by atoms with van der Waals surface area (Å²) in [6.45, 7) is 5.55. The summed E-state index contributed by atoms with van der Waals surface area (Å²) in [4.78, 5) is 6.04. The van der Waals surface area contributed by atoms with Gasteiger partial charge in [0, 0.05) is 30.4 Å². The molecule has 30 heavy (non-hydrogen) atoms. The molecule has 7 nitrogen and oxygen atoms in total. The molecule has 0 bridgehead atoms. The predicted molar refractivity (Wildman–Crippen MR) is 111 cm³/mol. The van der Waals surface area contributed by atoms with Gasteiger partial charge < -0.3 is 4.90 Å². The molecule has 1 aliphatic rings. The number of nitrogens with zero attached hydrogens (tertiary/aromatic N) is 4. The zero-order valence-corrected chi connectivity index (χ0v) is 18.1. The molecule has 2 heterocycles. The molecule has 1 N–H and O–H groups in total. The van der Waals surface area contributed by atoms with E-state index in [2.05, 4.69) is 34.0 Å². The smallest absolute Gasteiger partial charge is 0.371 e. The molecule has 0 saturated carbocycles. The van der Waals surface area contributed by atoms with Crippen LogP contribution in [-0.4, -0.2) is 32.0 Å². The third-order valence-electron chi connectivity index (χ3n) is 4.46. The molecule has 0 unspecified atom stereocenters. The Kier molecular flexibility index (Phi) is 6.65. The molecule has 3 rings (SSSR count). The van der Waals surface area contributed by atoms with E-state index in [1.165, 1.54) is 23.6 Å². The van der Waals surface area contributed by atoms with E-state index in [4.69, 9.17) is 0 Å². The van der Waals surface area contributed by atoms with Crippen LogP contribution in [0.25, 0.3) is 0 Å². The lowest BCUT2D eigenvalue weighted by molar-refractivity contribution is -0.0429. The van der Waals surface area contributed by atoms with Crippen LogP contribution in [0, 0.1) is 5.92 Å². The quantitative estimate of drug-likeness (QED) is 0.566. The molecule has 0 aliphatic carbocycles. The lowest BCUT2D eigenvalue weighted by Gasteiger charge is -2.28. The predicted octanol–water partition coefficient (Wildman–Crippen LogP) is 5.62. The second kappa shape index (κ2) is 8.88. The number of hydrogen-bond acceptors (Lipinski definition) is 7. The van der Waals surface area contributed by atoms with Crippen molar-refractivity contribution < 1.29 is 21.6 Å². The molecule has 0 amide bonds. The van der Waals surface area contributed by atoms with Crippen molar-refractivity contribution in [3.63, 3.8) is 0 Å². The molecule has 2 aromatic rings. The molecular weight excluding hydrogens is 439 g/mol. The van der Waals surface area contributed by atoms with Gasteiger partial charge in [0.1, 0.15) is 5.69 Å². The minimum atomic E-state index is -5.60. The van der Waals surface area contributed by atoms with Gasteiger partial charge in [-0.15, -0.1) is 21.6 Å². The lowest BCUT2D eigenvalue weighted by Crippen LogP contribution is -2.31. The van der Waals surface area contributed by atoms with Gasteiger partial charge in [0.2, 0.25) is 5.13 Å². The topological polar surface area (TPSA) is 87.0 Å². The molecule has 0 spiro atoms. The zero-order chi connectivity index (χ0) is 21.9. The van der Waals surface area contributed by atoms with Crippen LogP contribution in [0.5, 0.6) is 0 Å². The van der Waals surface area contributed by atoms with Crippen LogP contribution in [0.4, 0.5) is 35.4 Å². The number of nitrogens with one attached hydrogen (secondary N) is 1. The molecule has 0 atom stereocenters. The van der Waals surface area contributed by atoms with Crippen molar-refractivity contribution in [2.45, 2.75) is 38.6 Å². The van der Waals surface area contributed by atoms with Gasteiger partial charge in [0.05, 0.1) is 5.69 Å². The number of benzene rings is 1. The number of aromatic nitrogens is 1. The summed E-state index contributed by atoms with van der Waals surface area (Å²) in [6, 6.07) is 3.04. The third-order valence-corrected chi connectivity index (χ3v) is 6.21. The van der Waals surface area contributed by atoms with Crippen molar-refractivity contribution in [3.05, 3.63) is 29.3 Å². The summed E-state index contributed by atoms with van der Waals surface area (Å²) in [5.74, 6) is 0.329. The lowest BCUT2D eigenvalue weighted by atomic mass is 10.1. The summed E-state index contributed by atoms with van der Waals surface area (Å²) < 4.78 is 64.2. The number of hydrogen-bond donors (Lipinski definition) is 1. The van der Waals surface area contributed by atoms with E-state index < -0.39 is 15.5 Å². The standard InChI is InChI=1S/C18H22F3N5O2S2/c1-12(2)11-26-7-4-3-5-13-9-14(23-24-17-22-6-8-29-17)15(10-16(13)26)25-30(27,28)18(19,20)21/h6,8-10,12,25H,3-5,7,11H2,1-2H3. The molecule has 1 aliphatic heterocycles. The van der Waals surface area contributed by atoms with Crippen LogP contribution < -0.4 is 9.62 Å². The van der Waals surface area contributed by atoms with Crippen molar-refractivity contribution in [1.82, 2.24) is 4.98 Å². The highest BCUT2D eigenvalue weighted by Gasteiger charge is 2.46. The Hall–Kier alpha value is -2.21. The number of aryl methyl sites for hydroxylation is 1. The number of rotatable bonds is 6. The number of azo groups is 1. The summed E-state index contributed by atoms with van der Waals surface area (Å²) in [5.41, 5.74) is -4.07. The molecule has 0 fully saturated rings. The van der Waals surface area contributed by atoms with E-state index >= 15 is 0 Å².